The molecule has 1 saturated heterocycles. The van der Waals surface area contributed by atoms with Gasteiger partial charge in [0.25, 0.3) is 0 Å². The van der Waals surface area contributed by atoms with Crippen LogP contribution in [0.4, 0.5) is 8.78 Å². The highest BCUT2D eigenvalue weighted by molar-refractivity contribution is 5.78. The molecule has 1 aliphatic heterocycles. The smallest absolute Gasteiger partial charge is 0.224 e. The number of benzene rings is 1. The van der Waals surface area contributed by atoms with E-state index in [0.29, 0.717) is 17.9 Å². The number of nitrogens with zero attached hydrogens (tertiary/aromatic N) is 2. The first-order valence-corrected chi connectivity index (χ1v) is 8.22. The Kier molecular flexibility index (Phi) is 5.65. The molecule has 0 saturated carbocycles. The van der Waals surface area contributed by atoms with Gasteiger partial charge in [-0.25, -0.2) is 18.7 Å². The van der Waals surface area contributed by atoms with Crippen LogP contribution in [0.1, 0.15) is 35.8 Å². The summed E-state index contributed by atoms with van der Waals surface area (Å²) in [6.07, 6.45) is 3.63. The SMILES string of the molecule is O=C(Cc1ccc(F)c(F)c1)NCc1ccnc(C2CCCOC2)n1. The molecule has 3 rings (SSSR count). The van der Waals surface area contributed by atoms with Crippen molar-refractivity contribution < 1.29 is 18.3 Å². The van der Waals surface area contributed by atoms with Gasteiger partial charge in [0.2, 0.25) is 5.91 Å². The predicted molar refractivity (Wildman–Crippen MR) is 86.7 cm³/mol. The topological polar surface area (TPSA) is 64.1 Å². The number of hydrogen-bond acceptors (Lipinski definition) is 4. The molecule has 2 heterocycles. The molecule has 0 bridgehead atoms. The summed E-state index contributed by atoms with van der Waals surface area (Å²) in [4.78, 5) is 20.8. The van der Waals surface area contributed by atoms with Crippen molar-refractivity contribution in [1.82, 2.24) is 15.3 Å². The van der Waals surface area contributed by atoms with E-state index in [4.69, 9.17) is 4.74 Å². The van der Waals surface area contributed by atoms with Gasteiger partial charge >= 0.3 is 0 Å². The fourth-order valence-electron chi connectivity index (χ4n) is 2.74. The molecule has 7 heteroatoms. The van der Waals surface area contributed by atoms with Crippen LogP contribution in [-0.4, -0.2) is 29.1 Å². The lowest BCUT2D eigenvalue weighted by Crippen LogP contribution is -2.26. The Hall–Kier alpha value is -2.41. The summed E-state index contributed by atoms with van der Waals surface area (Å²) in [7, 11) is 0. The van der Waals surface area contributed by atoms with Crippen LogP contribution in [0.5, 0.6) is 0 Å². The standard InChI is InChI=1S/C18H19F2N3O2/c19-15-4-3-12(8-16(15)20)9-17(24)22-10-14-5-6-21-18(23-14)13-2-1-7-25-11-13/h3-6,8,13H,1-2,7,9-11H2,(H,22,24). The molecule has 1 aromatic carbocycles. The maximum Gasteiger partial charge on any atom is 0.224 e. The lowest BCUT2D eigenvalue weighted by Gasteiger charge is -2.20. The molecule has 0 aliphatic carbocycles. The van der Waals surface area contributed by atoms with Gasteiger partial charge in [-0.2, -0.15) is 0 Å². The van der Waals surface area contributed by atoms with Gasteiger partial charge in [-0.1, -0.05) is 6.07 Å². The highest BCUT2D eigenvalue weighted by Crippen LogP contribution is 2.22. The van der Waals surface area contributed by atoms with Crippen molar-refractivity contribution >= 4 is 5.91 Å². The minimum Gasteiger partial charge on any atom is -0.381 e. The maximum absolute atomic E-state index is 13.2. The summed E-state index contributed by atoms with van der Waals surface area (Å²) < 4.78 is 31.5. The van der Waals surface area contributed by atoms with Crippen LogP contribution in [0, 0.1) is 11.6 Å². The Balaban J connectivity index is 1.55. The lowest BCUT2D eigenvalue weighted by molar-refractivity contribution is -0.120. The quantitative estimate of drug-likeness (QED) is 0.903. The summed E-state index contributed by atoms with van der Waals surface area (Å²) >= 11 is 0. The van der Waals surface area contributed by atoms with Crippen LogP contribution in [0.25, 0.3) is 0 Å². The monoisotopic (exact) mass is 347 g/mol. The number of aromatic nitrogens is 2. The van der Waals surface area contributed by atoms with E-state index in [1.54, 1.807) is 12.3 Å². The number of carbonyl (C=O) groups is 1. The molecule has 1 fully saturated rings. The molecule has 1 atom stereocenters. The number of rotatable bonds is 5. The van der Waals surface area contributed by atoms with Gasteiger partial charge in [-0.15, -0.1) is 0 Å². The van der Waals surface area contributed by atoms with E-state index in [2.05, 4.69) is 15.3 Å². The number of halogens is 2. The second-order valence-corrected chi connectivity index (χ2v) is 6.02. The Bertz CT molecular complexity index is 749. The van der Waals surface area contributed by atoms with Gasteiger partial charge in [0, 0.05) is 18.7 Å². The summed E-state index contributed by atoms with van der Waals surface area (Å²) in [6.45, 7) is 1.65. The van der Waals surface area contributed by atoms with E-state index in [1.165, 1.54) is 6.07 Å². The van der Waals surface area contributed by atoms with E-state index in [0.717, 1.165) is 37.4 Å². The van der Waals surface area contributed by atoms with Crippen LogP contribution < -0.4 is 5.32 Å². The van der Waals surface area contributed by atoms with Crippen molar-refractivity contribution in [2.24, 2.45) is 0 Å². The van der Waals surface area contributed by atoms with Crippen LogP contribution in [0.2, 0.25) is 0 Å². The van der Waals surface area contributed by atoms with Crippen LogP contribution in [0.15, 0.2) is 30.5 Å². The van der Waals surface area contributed by atoms with Gasteiger partial charge in [0.1, 0.15) is 5.82 Å². The second-order valence-electron chi connectivity index (χ2n) is 6.02. The molecule has 25 heavy (non-hydrogen) atoms. The van der Waals surface area contributed by atoms with Crippen molar-refractivity contribution in [2.75, 3.05) is 13.2 Å². The molecular weight excluding hydrogens is 328 g/mol. The largest absolute Gasteiger partial charge is 0.381 e. The zero-order valence-corrected chi connectivity index (χ0v) is 13.7. The fraction of sp³-hybridized carbons (Fsp3) is 0.389. The minimum absolute atomic E-state index is 0.0222. The molecule has 1 N–H and O–H groups in total. The molecule has 1 unspecified atom stereocenters. The first-order valence-electron chi connectivity index (χ1n) is 8.22. The first kappa shape index (κ1) is 17.4. The third-order valence-electron chi connectivity index (χ3n) is 4.07. The molecule has 132 valence electrons. The maximum atomic E-state index is 13.2. The Morgan fingerprint density at radius 2 is 2.16 bits per heavy atom. The normalized spacial score (nSPS) is 17.3. The molecular formula is C18H19F2N3O2. The van der Waals surface area contributed by atoms with E-state index < -0.39 is 11.6 Å². The summed E-state index contributed by atoms with van der Waals surface area (Å²) in [5.74, 6) is -1.25. The third-order valence-corrected chi connectivity index (χ3v) is 4.07. The average molecular weight is 347 g/mol. The van der Waals surface area contributed by atoms with Crippen LogP contribution >= 0.6 is 0 Å². The summed E-state index contributed by atoms with van der Waals surface area (Å²) in [5, 5.41) is 2.73. The molecule has 2 aromatic rings. The zero-order chi connectivity index (χ0) is 17.6. The van der Waals surface area contributed by atoms with Crippen molar-refractivity contribution in [3.8, 4) is 0 Å². The van der Waals surface area contributed by atoms with Gasteiger partial charge in [0.05, 0.1) is 25.3 Å². The zero-order valence-electron chi connectivity index (χ0n) is 13.7. The van der Waals surface area contributed by atoms with Gasteiger partial charge < -0.3 is 10.1 Å². The highest BCUT2D eigenvalue weighted by Gasteiger charge is 2.19. The number of amides is 1. The number of carbonyl (C=O) groups excluding carboxylic acids is 1. The molecule has 5 nitrogen and oxygen atoms in total. The lowest BCUT2D eigenvalue weighted by atomic mass is 10.0. The number of hydrogen-bond donors (Lipinski definition) is 1. The van der Waals surface area contributed by atoms with Crippen molar-refractivity contribution in [3.63, 3.8) is 0 Å². The highest BCUT2D eigenvalue weighted by atomic mass is 19.2. The molecule has 1 aromatic heterocycles. The summed E-state index contributed by atoms with van der Waals surface area (Å²) in [6, 6.07) is 5.18. The fourth-order valence-corrected chi connectivity index (χ4v) is 2.74. The van der Waals surface area contributed by atoms with Crippen LogP contribution in [-0.2, 0) is 22.5 Å². The number of nitrogens with one attached hydrogen (secondary N) is 1. The van der Waals surface area contributed by atoms with E-state index in [1.807, 2.05) is 0 Å². The van der Waals surface area contributed by atoms with Crippen molar-refractivity contribution in [2.45, 2.75) is 31.7 Å². The summed E-state index contributed by atoms with van der Waals surface area (Å²) in [5.41, 5.74) is 1.12. The predicted octanol–water partition coefficient (Wildman–Crippen LogP) is 2.51. The number of ether oxygens (including phenoxy) is 1. The van der Waals surface area contributed by atoms with E-state index in [9.17, 15) is 13.6 Å². The molecule has 0 spiro atoms. The van der Waals surface area contributed by atoms with E-state index >= 15 is 0 Å². The second kappa shape index (κ2) is 8.11. The van der Waals surface area contributed by atoms with Gasteiger partial charge in [-0.05, 0) is 36.6 Å². The Morgan fingerprint density at radius 3 is 2.92 bits per heavy atom. The van der Waals surface area contributed by atoms with Gasteiger partial charge in [0.15, 0.2) is 11.6 Å². The molecule has 1 amide bonds. The Morgan fingerprint density at radius 1 is 1.28 bits per heavy atom. The van der Waals surface area contributed by atoms with Gasteiger partial charge in [-0.3, -0.25) is 4.79 Å². The van der Waals surface area contributed by atoms with Crippen molar-refractivity contribution in [1.29, 1.82) is 0 Å². The molecule has 1 aliphatic rings. The van der Waals surface area contributed by atoms with Crippen LogP contribution in [0.3, 0.4) is 0 Å². The third kappa shape index (κ3) is 4.79. The minimum atomic E-state index is -0.958. The van der Waals surface area contributed by atoms with Crippen molar-refractivity contribution in [3.05, 3.63) is 59.2 Å². The average Bonchev–Trinajstić information content (AvgIpc) is 2.64. The molecule has 0 radical (unpaired) electrons. The van der Waals surface area contributed by atoms with E-state index in [-0.39, 0.29) is 24.8 Å². The first-order chi connectivity index (χ1) is 12.1. The Labute approximate surface area is 144 Å².